The van der Waals surface area contributed by atoms with Crippen molar-refractivity contribution in [2.45, 2.75) is 44.4 Å². The van der Waals surface area contributed by atoms with Gasteiger partial charge in [-0.1, -0.05) is 6.07 Å². The minimum absolute atomic E-state index is 0.0168. The van der Waals surface area contributed by atoms with Crippen LogP contribution < -0.4 is 4.74 Å². The number of aryl methyl sites for hydroxylation is 1. The van der Waals surface area contributed by atoms with Gasteiger partial charge in [0, 0.05) is 18.1 Å². The van der Waals surface area contributed by atoms with Crippen LogP contribution in [0.1, 0.15) is 54.7 Å². The summed E-state index contributed by atoms with van der Waals surface area (Å²) in [5.41, 5.74) is 4.18. The molecule has 3 aromatic rings. The Morgan fingerprint density at radius 3 is 2.96 bits per heavy atom. The number of benzene rings is 2. The van der Waals surface area contributed by atoms with Crippen LogP contribution in [0.4, 0.5) is 0 Å². The molecule has 136 valence electrons. The third-order valence-corrected chi connectivity index (χ3v) is 5.57. The van der Waals surface area contributed by atoms with Crippen LogP contribution in [-0.2, 0) is 11.2 Å². The second-order valence-corrected chi connectivity index (χ2v) is 7.30. The fourth-order valence-corrected chi connectivity index (χ4v) is 4.17. The van der Waals surface area contributed by atoms with Crippen LogP contribution in [0.3, 0.4) is 0 Å². The Hall–Kier alpha value is -2.84. The van der Waals surface area contributed by atoms with E-state index in [1.54, 1.807) is 0 Å². The molecule has 0 bridgehead atoms. The quantitative estimate of drug-likeness (QED) is 0.682. The minimum Gasteiger partial charge on any atom is -0.486 e. The molecule has 1 aliphatic carbocycles. The van der Waals surface area contributed by atoms with Crippen LogP contribution in [0.15, 0.2) is 42.6 Å². The number of hydrogen-bond donors (Lipinski definition) is 0. The molecule has 27 heavy (non-hydrogen) atoms. The van der Waals surface area contributed by atoms with Gasteiger partial charge < -0.3 is 9.47 Å². The fourth-order valence-electron chi connectivity index (χ4n) is 4.17. The van der Waals surface area contributed by atoms with Crippen LogP contribution in [-0.4, -0.2) is 16.4 Å². The summed E-state index contributed by atoms with van der Waals surface area (Å²) in [5, 5.41) is 14.7. The lowest BCUT2D eigenvalue weighted by Gasteiger charge is -2.23. The van der Waals surface area contributed by atoms with E-state index in [-0.39, 0.29) is 12.3 Å². The van der Waals surface area contributed by atoms with Crippen molar-refractivity contribution in [3.8, 4) is 11.8 Å². The highest BCUT2D eigenvalue weighted by Crippen LogP contribution is 2.36. The van der Waals surface area contributed by atoms with Gasteiger partial charge in [0.1, 0.15) is 11.9 Å². The van der Waals surface area contributed by atoms with Gasteiger partial charge >= 0.3 is 0 Å². The first-order chi connectivity index (χ1) is 13.3. The Morgan fingerprint density at radius 1 is 1.15 bits per heavy atom. The topological polar surface area (TPSA) is 60.1 Å². The molecule has 0 amide bonds. The number of ether oxygens (including phenoxy) is 2. The lowest BCUT2D eigenvalue weighted by atomic mass is 10.1. The van der Waals surface area contributed by atoms with Crippen LogP contribution in [0.5, 0.6) is 5.75 Å². The summed E-state index contributed by atoms with van der Waals surface area (Å²) in [6.45, 7) is 0.797. The average molecular weight is 359 g/mol. The van der Waals surface area contributed by atoms with E-state index in [0.717, 1.165) is 48.9 Å². The molecular formula is C22H21N3O2. The molecule has 0 radical (unpaired) electrons. The molecule has 5 heteroatoms. The highest BCUT2D eigenvalue weighted by atomic mass is 16.5. The van der Waals surface area contributed by atoms with Crippen LogP contribution >= 0.6 is 0 Å². The Morgan fingerprint density at radius 2 is 2.11 bits per heavy atom. The maximum absolute atomic E-state index is 9.08. The van der Waals surface area contributed by atoms with E-state index in [0.29, 0.717) is 5.56 Å². The van der Waals surface area contributed by atoms with Gasteiger partial charge in [-0.05, 0) is 67.5 Å². The predicted octanol–water partition coefficient (Wildman–Crippen LogP) is 4.67. The first-order valence-electron chi connectivity index (χ1n) is 9.60. The van der Waals surface area contributed by atoms with Crippen LogP contribution in [0.2, 0.25) is 0 Å². The smallest absolute Gasteiger partial charge is 0.150 e. The number of nitrogens with zero attached hydrogens (tertiary/aromatic N) is 3. The van der Waals surface area contributed by atoms with E-state index >= 15 is 0 Å². The third kappa shape index (κ3) is 2.96. The second kappa shape index (κ2) is 6.71. The SMILES string of the molecule is N#Cc1ccc2c(c1)CCC2Oc1ccc2cnn(C3CCCCO3)c2c1. The van der Waals surface area contributed by atoms with Crippen molar-refractivity contribution in [1.82, 2.24) is 9.78 Å². The summed E-state index contributed by atoms with van der Waals surface area (Å²) in [6, 6.07) is 14.2. The zero-order valence-corrected chi connectivity index (χ0v) is 15.1. The Kier molecular flexibility index (Phi) is 4.06. The number of hydrogen-bond acceptors (Lipinski definition) is 4. The van der Waals surface area contributed by atoms with Crippen molar-refractivity contribution < 1.29 is 9.47 Å². The molecule has 5 nitrogen and oxygen atoms in total. The molecular weight excluding hydrogens is 338 g/mol. The van der Waals surface area contributed by atoms with Gasteiger partial charge in [0.05, 0.1) is 23.3 Å². The molecule has 0 spiro atoms. The predicted molar refractivity (Wildman–Crippen MR) is 101 cm³/mol. The van der Waals surface area contributed by atoms with E-state index in [2.05, 4.69) is 23.3 Å². The number of rotatable bonds is 3. The third-order valence-electron chi connectivity index (χ3n) is 5.57. The molecule has 2 unspecified atom stereocenters. The molecule has 2 heterocycles. The number of aromatic nitrogens is 2. The van der Waals surface area contributed by atoms with Crippen molar-refractivity contribution in [1.29, 1.82) is 5.26 Å². The largest absolute Gasteiger partial charge is 0.486 e. The van der Waals surface area contributed by atoms with Gasteiger partial charge in [0.2, 0.25) is 0 Å². The highest BCUT2D eigenvalue weighted by Gasteiger charge is 2.25. The Balaban J connectivity index is 1.42. The van der Waals surface area contributed by atoms with Gasteiger partial charge in [-0.2, -0.15) is 10.4 Å². The van der Waals surface area contributed by atoms with E-state index in [9.17, 15) is 0 Å². The first-order valence-corrected chi connectivity index (χ1v) is 9.60. The molecule has 1 fully saturated rings. The summed E-state index contributed by atoms with van der Waals surface area (Å²) in [4.78, 5) is 0. The van der Waals surface area contributed by atoms with E-state index < -0.39 is 0 Å². The van der Waals surface area contributed by atoms with Gasteiger partial charge in [0.25, 0.3) is 0 Å². The second-order valence-electron chi connectivity index (χ2n) is 7.30. The standard InChI is InChI=1S/C22H21N3O2/c23-13-15-4-8-19-16(11-15)6-9-21(19)27-18-7-5-17-14-24-25(20(17)12-18)22-3-1-2-10-26-22/h4-5,7-8,11-12,14,21-22H,1-3,6,9-10H2. The average Bonchev–Trinajstić information content (AvgIpc) is 3.32. The summed E-state index contributed by atoms with van der Waals surface area (Å²) < 4.78 is 14.2. The zero-order chi connectivity index (χ0) is 18.2. The number of fused-ring (bicyclic) bond motifs is 2. The normalized spacial score (nSPS) is 21.7. The molecule has 0 N–H and O–H groups in total. The van der Waals surface area contributed by atoms with Crippen molar-refractivity contribution in [2.24, 2.45) is 0 Å². The molecule has 2 aliphatic rings. The van der Waals surface area contributed by atoms with Gasteiger partial charge in [-0.3, -0.25) is 0 Å². The van der Waals surface area contributed by atoms with Gasteiger partial charge in [-0.15, -0.1) is 0 Å². The molecule has 2 atom stereocenters. The van der Waals surface area contributed by atoms with E-state index in [4.69, 9.17) is 14.7 Å². The molecule has 0 saturated carbocycles. The van der Waals surface area contributed by atoms with Crippen molar-refractivity contribution in [3.63, 3.8) is 0 Å². The lowest BCUT2D eigenvalue weighted by Crippen LogP contribution is -2.18. The van der Waals surface area contributed by atoms with Crippen LogP contribution in [0, 0.1) is 11.3 Å². The van der Waals surface area contributed by atoms with E-state index in [1.807, 2.05) is 35.1 Å². The maximum atomic E-state index is 9.08. The van der Waals surface area contributed by atoms with Gasteiger partial charge in [0.15, 0.2) is 6.23 Å². The molecule has 2 aromatic carbocycles. The Bertz CT molecular complexity index is 1030. The first kappa shape index (κ1) is 16.3. The summed E-state index contributed by atoms with van der Waals surface area (Å²) >= 11 is 0. The fraction of sp³-hybridized carbons (Fsp3) is 0.364. The molecule has 1 saturated heterocycles. The summed E-state index contributed by atoms with van der Waals surface area (Å²) in [5.74, 6) is 0.849. The van der Waals surface area contributed by atoms with Crippen molar-refractivity contribution in [3.05, 3.63) is 59.3 Å². The molecule has 5 rings (SSSR count). The number of nitriles is 1. The van der Waals surface area contributed by atoms with E-state index in [1.165, 1.54) is 17.5 Å². The Labute approximate surface area is 158 Å². The summed E-state index contributed by atoms with van der Waals surface area (Å²) in [7, 11) is 0. The van der Waals surface area contributed by atoms with Crippen LogP contribution in [0.25, 0.3) is 10.9 Å². The monoisotopic (exact) mass is 359 g/mol. The van der Waals surface area contributed by atoms with Crippen molar-refractivity contribution in [2.75, 3.05) is 6.61 Å². The summed E-state index contributed by atoms with van der Waals surface area (Å²) in [6.07, 6.45) is 7.13. The highest BCUT2D eigenvalue weighted by molar-refractivity contribution is 5.80. The molecule has 1 aromatic heterocycles. The zero-order valence-electron chi connectivity index (χ0n) is 15.1. The molecule has 1 aliphatic heterocycles. The van der Waals surface area contributed by atoms with Gasteiger partial charge in [-0.25, -0.2) is 4.68 Å². The van der Waals surface area contributed by atoms with Crippen molar-refractivity contribution >= 4 is 10.9 Å². The lowest BCUT2D eigenvalue weighted by molar-refractivity contribution is -0.0366. The maximum Gasteiger partial charge on any atom is 0.150 e. The minimum atomic E-state index is 0.0168.